The Balaban J connectivity index is 1.40. The number of ketones is 1. The van der Waals surface area contributed by atoms with Gasteiger partial charge in [-0.3, -0.25) is 4.79 Å². The Hall–Kier alpha value is -1.76. The fourth-order valence-corrected chi connectivity index (χ4v) is 7.99. The van der Waals surface area contributed by atoms with Crippen LogP contribution in [0.2, 0.25) is 0 Å². The highest BCUT2D eigenvalue weighted by Gasteiger charge is 2.64. The van der Waals surface area contributed by atoms with Gasteiger partial charge in [-0.25, -0.2) is 4.79 Å². The fourth-order valence-electron chi connectivity index (χ4n) is 7.99. The van der Waals surface area contributed by atoms with E-state index in [0.717, 1.165) is 38.5 Å². The van der Waals surface area contributed by atoms with Crippen molar-refractivity contribution in [2.75, 3.05) is 0 Å². The van der Waals surface area contributed by atoms with Gasteiger partial charge in [-0.2, -0.15) is 0 Å². The lowest BCUT2D eigenvalue weighted by Crippen LogP contribution is -2.63. The maximum absolute atomic E-state index is 11.9. The van der Waals surface area contributed by atoms with E-state index in [2.05, 4.69) is 12.8 Å². The zero-order valence-corrected chi connectivity index (χ0v) is 19.4. The number of carboxylic acid groups (broad SMARTS) is 1. The van der Waals surface area contributed by atoms with Crippen molar-refractivity contribution in [2.45, 2.75) is 94.6 Å². The molecule has 4 N–H and O–H groups in total. The molecule has 4 fully saturated rings. The fraction of sp³-hybridized carbons (Fsp3) is 0.769. The topological polar surface area (TPSA) is 134 Å². The highest BCUT2D eigenvalue weighted by Crippen LogP contribution is 2.66. The van der Waals surface area contributed by atoms with E-state index in [4.69, 9.17) is 15.9 Å². The lowest BCUT2D eigenvalue weighted by atomic mass is 9.50. The molecule has 1 heterocycles. The molecule has 0 aromatic heterocycles. The number of ether oxygens (including phenoxy) is 2. The van der Waals surface area contributed by atoms with Gasteiger partial charge in [0.05, 0.1) is 0 Å². The molecule has 34 heavy (non-hydrogen) atoms. The molecule has 5 rings (SSSR count). The van der Waals surface area contributed by atoms with E-state index < -0.39 is 47.7 Å². The number of hydrogen-bond donors (Lipinski definition) is 4. The number of allylic oxidation sites excluding steroid dienone is 1. The summed E-state index contributed by atoms with van der Waals surface area (Å²) in [5.74, 6) is 3.38. The number of carbonyl (C=O) groups is 2. The maximum atomic E-state index is 11.9. The van der Waals surface area contributed by atoms with Gasteiger partial charge in [-0.15, -0.1) is 6.42 Å². The van der Waals surface area contributed by atoms with Crippen LogP contribution in [-0.2, 0) is 19.1 Å². The molecule has 1 aliphatic heterocycles. The summed E-state index contributed by atoms with van der Waals surface area (Å²) in [6, 6.07) is 0. The molecule has 0 spiro atoms. The second kappa shape index (κ2) is 8.42. The standard InChI is InChI=1S/C26H34O8/c1-3-26(34-24-21(30)19(28)20(29)22(33-24)23(31)32)11-9-18-17-6-4-13-12-14(27)5-7-15(13)16(17)8-10-25(18,26)2/h1,12,15-22,24,28-30H,4-11H2,2H3,(H,31,32)/t15-,16+,17+,18-,19+,20-,21-,22+,24+,25-,26-/m0/s1. The van der Waals surface area contributed by atoms with Crippen molar-refractivity contribution in [1.82, 2.24) is 0 Å². The van der Waals surface area contributed by atoms with Gasteiger partial charge >= 0.3 is 5.97 Å². The Morgan fingerprint density at radius 1 is 1.09 bits per heavy atom. The summed E-state index contributed by atoms with van der Waals surface area (Å²) < 4.78 is 11.7. The van der Waals surface area contributed by atoms with Gasteiger partial charge in [0.25, 0.3) is 0 Å². The molecule has 11 atom stereocenters. The van der Waals surface area contributed by atoms with Gasteiger partial charge in [-0.05, 0) is 74.7 Å². The molecule has 4 aliphatic carbocycles. The summed E-state index contributed by atoms with van der Waals surface area (Å²) >= 11 is 0. The monoisotopic (exact) mass is 474 g/mol. The number of carboxylic acids is 1. The van der Waals surface area contributed by atoms with E-state index in [1.54, 1.807) is 0 Å². The van der Waals surface area contributed by atoms with Crippen LogP contribution in [0.1, 0.15) is 58.3 Å². The number of aliphatic carboxylic acids is 1. The van der Waals surface area contributed by atoms with Crippen LogP contribution >= 0.6 is 0 Å². The summed E-state index contributed by atoms with van der Waals surface area (Å²) in [6.45, 7) is 2.13. The first-order chi connectivity index (χ1) is 16.1. The second-order valence-electron chi connectivity index (χ2n) is 11.1. The van der Waals surface area contributed by atoms with Crippen LogP contribution in [0.3, 0.4) is 0 Å². The smallest absolute Gasteiger partial charge is 0.335 e. The van der Waals surface area contributed by atoms with Gasteiger partial charge in [-0.1, -0.05) is 18.4 Å². The van der Waals surface area contributed by atoms with Gasteiger partial charge < -0.3 is 29.9 Å². The lowest BCUT2D eigenvalue weighted by molar-refractivity contribution is -0.324. The number of carbonyl (C=O) groups excluding carboxylic acids is 1. The van der Waals surface area contributed by atoms with E-state index in [1.807, 2.05) is 6.08 Å². The summed E-state index contributed by atoms with van der Waals surface area (Å²) in [5, 5.41) is 40.2. The number of rotatable bonds is 3. The average Bonchev–Trinajstić information content (AvgIpc) is 3.11. The number of fused-ring (bicyclic) bond motifs is 5. The number of aliphatic hydroxyl groups is 3. The van der Waals surface area contributed by atoms with Crippen LogP contribution in [0.4, 0.5) is 0 Å². The minimum atomic E-state index is -1.77. The van der Waals surface area contributed by atoms with E-state index in [1.165, 1.54) is 5.57 Å². The van der Waals surface area contributed by atoms with Crippen molar-refractivity contribution in [3.8, 4) is 12.3 Å². The first-order valence-electron chi connectivity index (χ1n) is 12.4. The van der Waals surface area contributed by atoms with E-state index in [9.17, 15) is 30.0 Å². The molecule has 0 radical (unpaired) electrons. The zero-order valence-electron chi connectivity index (χ0n) is 19.4. The number of terminal acetylenes is 1. The number of hydrogen-bond acceptors (Lipinski definition) is 7. The molecule has 0 aromatic carbocycles. The third kappa shape index (κ3) is 3.40. The van der Waals surface area contributed by atoms with E-state index >= 15 is 0 Å². The Morgan fingerprint density at radius 2 is 1.85 bits per heavy atom. The third-order valence-electron chi connectivity index (χ3n) is 9.78. The van der Waals surface area contributed by atoms with Crippen molar-refractivity contribution in [3.63, 3.8) is 0 Å². The molecule has 3 saturated carbocycles. The first kappa shape index (κ1) is 24.0. The van der Waals surface area contributed by atoms with Crippen LogP contribution in [0.15, 0.2) is 11.6 Å². The maximum Gasteiger partial charge on any atom is 0.335 e. The van der Waals surface area contributed by atoms with Gasteiger partial charge in [0.2, 0.25) is 0 Å². The zero-order chi connectivity index (χ0) is 24.4. The SMILES string of the molecule is C#C[C@]1(O[C@H]2O[C@@H](C(=O)O)[C@@H](O)[C@@H](O)[C@@H]2O)CC[C@H]2[C@@H]3CCC4=CC(=O)CC[C@@H]4[C@H]3CC[C@@]21C. The minimum Gasteiger partial charge on any atom is -0.479 e. The van der Waals surface area contributed by atoms with Gasteiger partial charge in [0.1, 0.15) is 23.9 Å². The summed E-state index contributed by atoms with van der Waals surface area (Å²) in [7, 11) is 0. The van der Waals surface area contributed by atoms with E-state index in [0.29, 0.717) is 36.5 Å². The minimum absolute atomic E-state index is 0.240. The molecule has 0 unspecified atom stereocenters. The molecule has 5 aliphatic rings. The van der Waals surface area contributed by atoms with Crippen molar-refractivity contribution in [3.05, 3.63) is 11.6 Å². The van der Waals surface area contributed by atoms with E-state index in [-0.39, 0.29) is 5.78 Å². The molecule has 186 valence electrons. The average molecular weight is 475 g/mol. The van der Waals surface area contributed by atoms with Crippen LogP contribution in [0.5, 0.6) is 0 Å². The largest absolute Gasteiger partial charge is 0.479 e. The highest BCUT2D eigenvalue weighted by molar-refractivity contribution is 5.91. The molecule has 1 saturated heterocycles. The first-order valence-corrected chi connectivity index (χ1v) is 12.4. The number of aliphatic hydroxyl groups excluding tert-OH is 3. The highest BCUT2D eigenvalue weighted by atomic mass is 16.7. The normalized spacial score (nSPS) is 50.4. The van der Waals surface area contributed by atoms with Crippen LogP contribution < -0.4 is 0 Å². The lowest BCUT2D eigenvalue weighted by Gasteiger charge is -2.56. The van der Waals surface area contributed by atoms with Crippen molar-refractivity contribution in [2.24, 2.45) is 29.1 Å². The van der Waals surface area contributed by atoms with Gasteiger partial charge in [0, 0.05) is 11.8 Å². The van der Waals surface area contributed by atoms with Crippen molar-refractivity contribution in [1.29, 1.82) is 0 Å². The Bertz CT molecular complexity index is 938. The third-order valence-corrected chi connectivity index (χ3v) is 9.78. The molecule has 0 amide bonds. The summed E-state index contributed by atoms with van der Waals surface area (Å²) in [6.07, 6.45) is 6.30. The molecule has 0 bridgehead atoms. The Kier molecular flexibility index (Phi) is 5.93. The Morgan fingerprint density at radius 3 is 2.56 bits per heavy atom. The van der Waals surface area contributed by atoms with Crippen LogP contribution in [0, 0.1) is 41.4 Å². The Labute approximate surface area is 199 Å². The molecular formula is C26H34O8. The summed E-state index contributed by atoms with van der Waals surface area (Å²) in [5.41, 5.74) is -0.181. The molecular weight excluding hydrogens is 440 g/mol. The molecule has 8 heteroatoms. The quantitative estimate of drug-likeness (QED) is 0.451. The molecule has 0 aromatic rings. The second-order valence-corrected chi connectivity index (χ2v) is 11.1. The van der Waals surface area contributed by atoms with Gasteiger partial charge in [0.15, 0.2) is 18.2 Å². The molecule has 8 nitrogen and oxygen atoms in total. The van der Waals surface area contributed by atoms with Crippen molar-refractivity contribution < 1.29 is 39.5 Å². The van der Waals surface area contributed by atoms with Crippen LogP contribution in [-0.4, -0.2) is 68.5 Å². The van der Waals surface area contributed by atoms with Crippen LogP contribution in [0.25, 0.3) is 0 Å². The predicted molar refractivity (Wildman–Crippen MR) is 119 cm³/mol. The summed E-state index contributed by atoms with van der Waals surface area (Å²) in [4.78, 5) is 23.5. The predicted octanol–water partition coefficient (Wildman–Crippen LogP) is 1.41. The van der Waals surface area contributed by atoms with Crippen molar-refractivity contribution >= 4 is 11.8 Å².